The molecule has 2 fully saturated rings. The summed E-state index contributed by atoms with van der Waals surface area (Å²) in [6, 6.07) is 9.05. The predicted molar refractivity (Wildman–Crippen MR) is 102 cm³/mol. The van der Waals surface area contributed by atoms with E-state index in [-0.39, 0.29) is 0 Å². The van der Waals surface area contributed by atoms with Crippen molar-refractivity contribution in [3.63, 3.8) is 0 Å². The van der Waals surface area contributed by atoms with Crippen LogP contribution < -0.4 is 4.90 Å². The summed E-state index contributed by atoms with van der Waals surface area (Å²) >= 11 is 6.50. The average Bonchev–Trinajstić information content (AvgIpc) is 3.12. The lowest BCUT2D eigenvalue weighted by Crippen LogP contribution is -2.37. The van der Waals surface area contributed by atoms with Gasteiger partial charge >= 0.3 is 0 Å². The van der Waals surface area contributed by atoms with Crippen molar-refractivity contribution in [1.29, 1.82) is 0 Å². The normalized spacial score (nSPS) is 21.8. The van der Waals surface area contributed by atoms with Crippen molar-refractivity contribution in [1.82, 2.24) is 19.5 Å². The number of halogens is 1. The maximum absolute atomic E-state index is 6.50. The first-order valence-electron chi connectivity index (χ1n) is 9.15. The highest BCUT2D eigenvalue weighted by Gasteiger charge is 2.30. The molecule has 25 heavy (non-hydrogen) atoms. The molecule has 4 heterocycles. The van der Waals surface area contributed by atoms with Gasteiger partial charge in [0.05, 0.1) is 11.2 Å². The first-order chi connectivity index (χ1) is 12.2. The molecule has 0 N–H and O–H groups in total. The van der Waals surface area contributed by atoms with Crippen molar-refractivity contribution in [2.75, 3.05) is 31.1 Å². The van der Waals surface area contributed by atoms with Crippen LogP contribution in [-0.2, 0) is 0 Å². The molecule has 0 saturated carbocycles. The summed E-state index contributed by atoms with van der Waals surface area (Å²) in [7, 11) is 0. The average molecular weight is 356 g/mol. The number of fused-ring (bicyclic) bond motifs is 4. The SMILES string of the molecule is Cc1nn2c(nc(N3CCCN4CCCC4C3)c3ccccc32)c1Cl. The zero-order chi connectivity index (χ0) is 17.0. The maximum Gasteiger partial charge on any atom is 0.176 e. The molecule has 2 saturated heterocycles. The molecule has 1 atom stereocenters. The third kappa shape index (κ3) is 2.41. The minimum Gasteiger partial charge on any atom is -0.354 e. The molecule has 0 amide bonds. The number of hydrogen-bond donors (Lipinski definition) is 0. The molecule has 0 aliphatic carbocycles. The van der Waals surface area contributed by atoms with E-state index in [1.54, 1.807) is 0 Å². The summed E-state index contributed by atoms with van der Waals surface area (Å²) in [5.74, 6) is 1.05. The second kappa shape index (κ2) is 5.85. The predicted octanol–water partition coefficient (Wildman–Crippen LogP) is 3.52. The number of aromatic nitrogens is 3. The Morgan fingerprint density at radius 2 is 1.96 bits per heavy atom. The Kier molecular flexibility index (Phi) is 3.61. The highest BCUT2D eigenvalue weighted by molar-refractivity contribution is 6.34. The van der Waals surface area contributed by atoms with E-state index >= 15 is 0 Å². The molecule has 130 valence electrons. The van der Waals surface area contributed by atoms with Gasteiger partial charge < -0.3 is 4.90 Å². The molecule has 2 aliphatic heterocycles. The molecule has 1 aromatic carbocycles. The summed E-state index contributed by atoms with van der Waals surface area (Å²) in [4.78, 5) is 10.1. The van der Waals surface area contributed by atoms with Gasteiger partial charge in [-0.05, 0) is 44.9 Å². The first-order valence-corrected chi connectivity index (χ1v) is 9.53. The number of para-hydroxylation sites is 1. The highest BCUT2D eigenvalue weighted by Crippen LogP contribution is 2.32. The summed E-state index contributed by atoms with van der Waals surface area (Å²) in [6.07, 6.45) is 3.80. The van der Waals surface area contributed by atoms with Crippen LogP contribution in [0.1, 0.15) is 25.0 Å². The Balaban J connectivity index is 1.69. The molecule has 6 heteroatoms. The molecular formula is C19H22ClN5. The molecule has 0 spiro atoms. The van der Waals surface area contributed by atoms with Crippen LogP contribution in [0.3, 0.4) is 0 Å². The fourth-order valence-corrected chi connectivity index (χ4v) is 4.57. The lowest BCUT2D eigenvalue weighted by Gasteiger charge is -2.27. The van der Waals surface area contributed by atoms with E-state index in [4.69, 9.17) is 16.6 Å². The molecule has 0 bridgehead atoms. The van der Waals surface area contributed by atoms with E-state index in [0.29, 0.717) is 11.1 Å². The van der Waals surface area contributed by atoms with Crippen LogP contribution in [0.5, 0.6) is 0 Å². The van der Waals surface area contributed by atoms with Crippen LogP contribution >= 0.6 is 11.6 Å². The van der Waals surface area contributed by atoms with Gasteiger partial charge in [0.25, 0.3) is 0 Å². The molecule has 0 radical (unpaired) electrons. The molecule has 2 aliphatic rings. The quantitative estimate of drug-likeness (QED) is 0.669. The van der Waals surface area contributed by atoms with Crippen LogP contribution in [0.25, 0.3) is 16.6 Å². The van der Waals surface area contributed by atoms with Crippen molar-refractivity contribution in [3.8, 4) is 0 Å². The van der Waals surface area contributed by atoms with Gasteiger partial charge in [0.2, 0.25) is 0 Å². The zero-order valence-corrected chi connectivity index (χ0v) is 15.2. The van der Waals surface area contributed by atoms with E-state index in [9.17, 15) is 0 Å². The monoisotopic (exact) mass is 355 g/mol. The fraction of sp³-hybridized carbons (Fsp3) is 0.474. The van der Waals surface area contributed by atoms with Gasteiger partial charge in [-0.2, -0.15) is 5.10 Å². The minimum atomic E-state index is 0.654. The van der Waals surface area contributed by atoms with E-state index in [1.807, 2.05) is 11.4 Å². The van der Waals surface area contributed by atoms with Gasteiger partial charge in [0.15, 0.2) is 5.65 Å². The molecule has 1 unspecified atom stereocenters. The Morgan fingerprint density at radius 1 is 1.12 bits per heavy atom. The van der Waals surface area contributed by atoms with E-state index in [1.165, 1.54) is 32.4 Å². The molecule has 2 aromatic heterocycles. The van der Waals surface area contributed by atoms with E-state index in [2.05, 4.69) is 39.2 Å². The van der Waals surface area contributed by atoms with Crippen LogP contribution in [0.15, 0.2) is 24.3 Å². The van der Waals surface area contributed by atoms with Crippen molar-refractivity contribution in [2.45, 2.75) is 32.2 Å². The number of benzene rings is 1. The number of anilines is 1. The maximum atomic E-state index is 6.50. The summed E-state index contributed by atoms with van der Waals surface area (Å²) < 4.78 is 1.89. The molecule has 3 aromatic rings. The van der Waals surface area contributed by atoms with Crippen LogP contribution in [-0.4, -0.2) is 51.7 Å². The van der Waals surface area contributed by atoms with E-state index < -0.39 is 0 Å². The smallest absolute Gasteiger partial charge is 0.176 e. The Bertz CT molecular complexity index is 950. The van der Waals surface area contributed by atoms with Gasteiger partial charge in [-0.3, -0.25) is 4.90 Å². The second-order valence-corrected chi connectivity index (χ2v) is 7.60. The van der Waals surface area contributed by atoms with E-state index in [0.717, 1.165) is 41.2 Å². The first kappa shape index (κ1) is 15.4. The van der Waals surface area contributed by atoms with Crippen LogP contribution in [0.4, 0.5) is 5.82 Å². The number of rotatable bonds is 1. The Hall–Kier alpha value is -1.85. The Labute approximate surface area is 152 Å². The number of hydrogen-bond acceptors (Lipinski definition) is 4. The number of nitrogens with zero attached hydrogens (tertiary/aromatic N) is 5. The lowest BCUT2D eigenvalue weighted by molar-refractivity contribution is 0.273. The number of aryl methyl sites for hydroxylation is 1. The molecular weight excluding hydrogens is 334 g/mol. The van der Waals surface area contributed by atoms with Gasteiger partial charge in [0, 0.05) is 31.1 Å². The fourth-order valence-electron chi connectivity index (χ4n) is 4.41. The largest absolute Gasteiger partial charge is 0.354 e. The Morgan fingerprint density at radius 3 is 2.88 bits per heavy atom. The summed E-state index contributed by atoms with van der Waals surface area (Å²) in [5.41, 5.74) is 2.67. The van der Waals surface area contributed by atoms with Crippen LogP contribution in [0.2, 0.25) is 5.02 Å². The topological polar surface area (TPSA) is 36.7 Å². The second-order valence-electron chi connectivity index (χ2n) is 7.22. The van der Waals surface area contributed by atoms with Gasteiger partial charge in [-0.25, -0.2) is 9.50 Å². The summed E-state index contributed by atoms with van der Waals surface area (Å²) in [5, 5.41) is 6.40. The van der Waals surface area contributed by atoms with Crippen molar-refractivity contribution < 1.29 is 0 Å². The van der Waals surface area contributed by atoms with Crippen molar-refractivity contribution in [2.24, 2.45) is 0 Å². The van der Waals surface area contributed by atoms with Crippen molar-refractivity contribution in [3.05, 3.63) is 35.0 Å². The standard InChI is InChI=1S/C19H22ClN5/c1-13-17(20)19-21-18(15-7-2-3-8-16(15)25(19)22-13)24-11-5-10-23-9-4-6-14(23)12-24/h2-3,7-8,14H,4-6,9-12H2,1H3. The van der Waals surface area contributed by atoms with Crippen LogP contribution in [0, 0.1) is 6.92 Å². The third-order valence-corrected chi connectivity index (χ3v) is 6.10. The van der Waals surface area contributed by atoms with Crippen molar-refractivity contribution >= 4 is 34.0 Å². The van der Waals surface area contributed by atoms with Gasteiger partial charge in [-0.1, -0.05) is 23.7 Å². The minimum absolute atomic E-state index is 0.654. The highest BCUT2D eigenvalue weighted by atomic mass is 35.5. The third-order valence-electron chi connectivity index (χ3n) is 5.65. The van der Waals surface area contributed by atoms with Gasteiger partial charge in [-0.15, -0.1) is 0 Å². The zero-order valence-electron chi connectivity index (χ0n) is 14.5. The molecule has 5 rings (SSSR count). The van der Waals surface area contributed by atoms with Gasteiger partial charge in [0.1, 0.15) is 10.8 Å². The lowest BCUT2D eigenvalue weighted by atomic mass is 10.2. The molecule has 5 nitrogen and oxygen atoms in total. The summed E-state index contributed by atoms with van der Waals surface area (Å²) in [6.45, 7) is 6.49.